The number of aromatic carboxylic acids is 1. The number of hydrogen-bond donors (Lipinski definition) is 1. The summed E-state index contributed by atoms with van der Waals surface area (Å²) in [4.78, 5) is 13.2. The van der Waals surface area contributed by atoms with Gasteiger partial charge in [-0.1, -0.05) is 24.3 Å². The van der Waals surface area contributed by atoms with Crippen molar-refractivity contribution in [2.75, 3.05) is 17.2 Å². The van der Waals surface area contributed by atoms with Gasteiger partial charge in [-0.15, -0.1) is 0 Å². The first-order valence-corrected chi connectivity index (χ1v) is 8.51. The number of para-hydroxylation sites is 1. The molecule has 6 heteroatoms. The molecule has 0 atom stereocenters. The average Bonchev–Trinajstić information content (AvgIpc) is 2.51. The summed E-state index contributed by atoms with van der Waals surface area (Å²) in [5, 5.41) is 8.91. The lowest BCUT2D eigenvalue weighted by molar-refractivity contribution is 0.0697. The molecule has 0 fully saturated rings. The molecule has 1 aliphatic rings. The lowest BCUT2D eigenvalue weighted by Crippen LogP contribution is -2.34. The summed E-state index contributed by atoms with van der Waals surface area (Å²) in [6.45, 7) is 0.979. The molecule has 2 aromatic carbocycles. The topological polar surface area (TPSA) is 74.7 Å². The normalized spacial score (nSPS) is 16.1. The van der Waals surface area contributed by atoms with Crippen molar-refractivity contribution in [3.8, 4) is 0 Å². The molecule has 0 radical (unpaired) electrons. The van der Waals surface area contributed by atoms with Crippen LogP contribution in [0.25, 0.3) is 0 Å². The van der Waals surface area contributed by atoms with Gasteiger partial charge < -0.3 is 10.0 Å². The van der Waals surface area contributed by atoms with Crippen LogP contribution in [0, 0.1) is 0 Å². The van der Waals surface area contributed by atoms with Crippen LogP contribution in [0.5, 0.6) is 0 Å². The fourth-order valence-corrected chi connectivity index (χ4v) is 4.06. The van der Waals surface area contributed by atoms with Gasteiger partial charge in [-0.25, -0.2) is 13.2 Å². The van der Waals surface area contributed by atoms with Crippen molar-refractivity contribution in [1.82, 2.24) is 0 Å². The summed E-state index contributed by atoms with van der Waals surface area (Å²) >= 11 is 0. The number of rotatable bonds is 3. The number of benzene rings is 2. The molecule has 3 rings (SSSR count). The van der Waals surface area contributed by atoms with E-state index in [4.69, 9.17) is 5.11 Å². The van der Waals surface area contributed by atoms with Gasteiger partial charge in [0.1, 0.15) is 0 Å². The Hall–Kier alpha value is -2.34. The van der Waals surface area contributed by atoms with E-state index in [0.717, 1.165) is 5.56 Å². The molecule has 0 unspecified atom stereocenters. The third-order valence-corrected chi connectivity index (χ3v) is 5.48. The number of carboxylic acid groups (broad SMARTS) is 1. The Morgan fingerprint density at radius 1 is 1.09 bits per heavy atom. The average molecular weight is 317 g/mol. The van der Waals surface area contributed by atoms with Gasteiger partial charge >= 0.3 is 5.97 Å². The molecule has 0 saturated heterocycles. The molecule has 0 bridgehead atoms. The van der Waals surface area contributed by atoms with Gasteiger partial charge in [0.15, 0.2) is 9.84 Å². The molecule has 2 aromatic rings. The van der Waals surface area contributed by atoms with E-state index < -0.39 is 15.8 Å². The molecular formula is C16H15NO4S. The smallest absolute Gasteiger partial charge is 0.335 e. The zero-order valence-corrected chi connectivity index (χ0v) is 12.6. The Labute approximate surface area is 128 Å². The molecule has 22 heavy (non-hydrogen) atoms. The van der Waals surface area contributed by atoms with E-state index in [1.807, 2.05) is 11.0 Å². The van der Waals surface area contributed by atoms with Gasteiger partial charge in [0.2, 0.25) is 0 Å². The third-order valence-electron chi connectivity index (χ3n) is 3.75. The molecular weight excluding hydrogens is 302 g/mol. The van der Waals surface area contributed by atoms with Crippen LogP contribution in [-0.2, 0) is 16.4 Å². The maximum absolute atomic E-state index is 12.1. The minimum Gasteiger partial charge on any atom is -0.478 e. The van der Waals surface area contributed by atoms with E-state index in [1.54, 1.807) is 42.5 Å². The second-order valence-corrected chi connectivity index (χ2v) is 7.29. The molecule has 0 aliphatic carbocycles. The highest BCUT2D eigenvalue weighted by Gasteiger charge is 2.27. The maximum Gasteiger partial charge on any atom is 0.335 e. The first-order chi connectivity index (χ1) is 10.5. The van der Waals surface area contributed by atoms with Crippen LogP contribution in [0.4, 0.5) is 5.69 Å². The van der Waals surface area contributed by atoms with E-state index >= 15 is 0 Å². The number of anilines is 1. The molecule has 0 saturated carbocycles. The van der Waals surface area contributed by atoms with Gasteiger partial charge in [0.25, 0.3) is 0 Å². The quantitative estimate of drug-likeness (QED) is 0.939. The highest BCUT2D eigenvalue weighted by Crippen LogP contribution is 2.31. The van der Waals surface area contributed by atoms with E-state index in [-0.39, 0.29) is 11.3 Å². The van der Waals surface area contributed by atoms with Gasteiger partial charge in [-0.2, -0.15) is 0 Å². The molecule has 114 valence electrons. The van der Waals surface area contributed by atoms with Crippen molar-refractivity contribution >= 4 is 21.5 Å². The Bertz CT molecular complexity index is 812. The first-order valence-electron chi connectivity index (χ1n) is 6.86. The summed E-state index contributed by atoms with van der Waals surface area (Å²) in [5.74, 6) is -0.863. The molecule has 1 N–H and O–H groups in total. The molecule has 5 nitrogen and oxygen atoms in total. The second kappa shape index (κ2) is 5.46. The largest absolute Gasteiger partial charge is 0.478 e. The van der Waals surface area contributed by atoms with Crippen molar-refractivity contribution in [3.05, 3.63) is 59.7 Å². The third kappa shape index (κ3) is 2.69. The van der Waals surface area contributed by atoms with Crippen molar-refractivity contribution < 1.29 is 18.3 Å². The number of hydrogen-bond acceptors (Lipinski definition) is 4. The Morgan fingerprint density at radius 3 is 2.45 bits per heavy atom. The van der Waals surface area contributed by atoms with Crippen molar-refractivity contribution in [3.63, 3.8) is 0 Å². The lowest BCUT2D eigenvalue weighted by atomic mass is 10.1. The summed E-state index contributed by atoms with van der Waals surface area (Å²) in [6, 6.07) is 13.6. The highest BCUT2D eigenvalue weighted by molar-refractivity contribution is 7.91. The van der Waals surface area contributed by atoms with Gasteiger partial charge in [0.05, 0.1) is 21.9 Å². The lowest BCUT2D eigenvalue weighted by Gasteiger charge is -2.31. The van der Waals surface area contributed by atoms with Crippen molar-refractivity contribution in [2.24, 2.45) is 0 Å². The van der Waals surface area contributed by atoms with Crippen molar-refractivity contribution in [2.45, 2.75) is 11.4 Å². The predicted molar refractivity (Wildman–Crippen MR) is 82.9 cm³/mol. The minimum absolute atomic E-state index is 0.0945. The Balaban J connectivity index is 1.89. The van der Waals surface area contributed by atoms with Gasteiger partial charge in [0, 0.05) is 13.1 Å². The SMILES string of the molecule is O=C(O)c1ccc(CN2CCS(=O)(=O)c3ccccc32)cc1. The number of carbonyl (C=O) groups is 1. The Kier molecular flexibility index (Phi) is 3.62. The highest BCUT2D eigenvalue weighted by atomic mass is 32.2. The van der Waals surface area contributed by atoms with Gasteiger partial charge in [-0.05, 0) is 29.8 Å². The van der Waals surface area contributed by atoms with E-state index in [0.29, 0.717) is 23.7 Å². The van der Waals surface area contributed by atoms with Crippen LogP contribution in [0.15, 0.2) is 53.4 Å². The molecule has 1 aliphatic heterocycles. The van der Waals surface area contributed by atoms with E-state index in [1.165, 1.54) is 0 Å². The first kappa shape index (κ1) is 14.6. The number of nitrogens with zero attached hydrogens (tertiary/aromatic N) is 1. The standard InChI is InChI=1S/C16H15NO4S/c18-16(19)13-7-5-12(6-8-13)11-17-9-10-22(20,21)15-4-2-1-3-14(15)17/h1-8H,9-11H2,(H,18,19). The van der Waals surface area contributed by atoms with Crippen LogP contribution >= 0.6 is 0 Å². The minimum atomic E-state index is -3.20. The number of carboxylic acids is 1. The Morgan fingerprint density at radius 2 is 1.77 bits per heavy atom. The van der Waals surface area contributed by atoms with Crippen LogP contribution in [0.2, 0.25) is 0 Å². The summed E-state index contributed by atoms with van der Waals surface area (Å²) in [7, 11) is -3.20. The van der Waals surface area contributed by atoms with Crippen LogP contribution in [0.1, 0.15) is 15.9 Å². The molecule has 0 spiro atoms. The summed E-state index contributed by atoms with van der Waals surface area (Å²) < 4.78 is 24.2. The second-order valence-electron chi connectivity index (χ2n) is 5.21. The molecule has 1 heterocycles. The fourth-order valence-electron chi connectivity index (χ4n) is 2.58. The monoisotopic (exact) mass is 317 g/mol. The van der Waals surface area contributed by atoms with Crippen LogP contribution < -0.4 is 4.90 Å². The number of fused-ring (bicyclic) bond motifs is 1. The predicted octanol–water partition coefficient (Wildman–Crippen LogP) is 2.18. The van der Waals surface area contributed by atoms with E-state index in [9.17, 15) is 13.2 Å². The fraction of sp³-hybridized carbons (Fsp3) is 0.188. The summed E-state index contributed by atoms with van der Waals surface area (Å²) in [5.41, 5.74) is 1.89. The zero-order valence-electron chi connectivity index (χ0n) is 11.8. The van der Waals surface area contributed by atoms with Crippen LogP contribution in [-0.4, -0.2) is 31.8 Å². The van der Waals surface area contributed by atoms with E-state index in [2.05, 4.69) is 0 Å². The molecule has 0 aromatic heterocycles. The van der Waals surface area contributed by atoms with Gasteiger partial charge in [-0.3, -0.25) is 0 Å². The maximum atomic E-state index is 12.1. The van der Waals surface area contributed by atoms with Crippen LogP contribution in [0.3, 0.4) is 0 Å². The zero-order chi connectivity index (χ0) is 15.7. The summed E-state index contributed by atoms with van der Waals surface area (Å²) in [6.07, 6.45) is 0. The molecule has 0 amide bonds. The number of sulfone groups is 1. The van der Waals surface area contributed by atoms with Crippen molar-refractivity contribution in [1.29, 1.82) is 0 Å².